The molecule has 2 aromatic heterocycles. The van der Waals surface area contributed by atoms with Crippen molar-refractivity contribution in [3.8, 4) is 17.0 Å². The van der Waals surface area contributed by atoms with Crippen molar-refractivity contribution in [1.82, 2.24) is 14.8 Å². The Kier molecular flexibility index (Phi) is 5.64. The van der Waals surface area contributed by atoms with Crippen molar-refractivity contribution in [3.63, 3.8) is 0 Å². The molecule has 0 amide bonds. The zero-order valence-electron chi connectivity index (χ0n) is 13.9. The number of aryl methyl sites for hydroxylation is 2. The molecule has 4 nitrogen and oxygen atoms in total. The molecular formula is C16H18F5N3O. The van der Waals surface area contributed by atoms with E-state index in [4.69, 9.17) is 0 Å². The zero-order valence-corrected chi connectivity index (χ0v) is 13.9. The molecule has 9 heteroatoms. The molecule has 0 aromatic carbocycles. The predicted octanol–water partition coefficient (Wildman–Crippen LogP) is 4.62. The molecule has 2 aromatic rings. The van der Waals surface area contributed by atoms with E-state index in [-0.39, 0.29) is 17.0 Å². The first-order valence-corrected chi connectivity index (χ1v) is 7.66. The number of rotatable bonds is 6. The zero-order chi connectivity index (χ0) is 18.8. The topological polar surface area (TPSA) is 39.9 Å². The lowest BCUT2D eigenvalue weighted by Gasteiger charge is -2.17. The molecule has 0 aliphatic heterocycles. The average molecular weight is 363 g/mol. The molecule has 1 atom stereocenters. The highest BCUT2D eigenvalue weighted by atomic mass is 19.4. The van der Waals surface area contributed by atoms with E-state index in [1.807, 2.05) is 6.92 Å². The Morgan fingerprint density at radius 1 is 1.24 bits per heavy atom. The number of nitrogens with zero attached hydrogens (tertiary/aromatic N) is 3. The lowest BCUT2D eigenvalue weighted by molar-refractivity contribution is -0.169. The molecule has 0 aliphatic carbocycles. The molecule has 0 spiro atoms. The molecule has 0 radical (unpaired) electrons. The van der Waals surface area contributed by atoms with E-state index in [0.717, 1.165) is 18.6 Å². The van der Waals surface area contributed by atoms with E-state index in [0.29, 0.717) is 12.2 Å². The van der Waals surface area contributed by atoms with Crippen LogP contribution in [0.15, 0.2) is 18.5 Å². The summed E-state index contributed by atoms with van der Waals surface area (Å²) in [5.74, 6) is -1.86. The van der Waals surface area contributed by atoms with Crippen molar-refractivity contribution in [1.29, 1.82) is 0 Å². The van der Waals surface area contributed by atoms with E-state index >= 15 is 0 Å². The minimum atomic E-state index is -4.39. The molecule has 2 rings (SSSR count). The number of halogens is 5. The Bertz CT molecular complexity index is 727. The van der Waals surface area contributed by atoms with Gasteiger partial charge in [-0.1, -0.05) is 6.92 Å². The molecular weight excluding hydrogens is 345 g/mol. The number of hydrogen-bond donors (Lipinski definition) is 0. The van der Waals surface area contributed by atoms with Gasteiger partial charge in [0.05, 0.1) is 23.4 Å². The van der Waals surface area contributed by atoms with Crippen LogP contribution in [0.3, 0.4) is 0 Å². The van der Waals surface area contributed by atoms with Crippen LogP contribution in [0.1, 0.15) is 25.1 Å². The van der Waals surface area contributed by atoms with Crippen LogP contribution in [-0.4, -0.2) is 27.6 Å². The Labute approximate surface area is 141 Å². The highest BCUT2D eigenvalue weighted by Crippen LogP contribution is 2.35. The maximum absolute atomic E-state index is 12.8. The standard InChI is InChI=1S/C16H18F5N3O/c1-4-24-14(9(2)7-23-24)12-8-22-11(5-10(3)16(19,20)21)6-13(12)25-15(17)18/h6-8,10,15H,4-5H2,1-3H3/t10-/m1/s1. The molecule has 2 heterocycles. The summed E-state index contributed by atoms with van der Waals surface area (Å²) < 4.78 is 69.8. The van der Waals surface area contributed by atoms with Crippen LogP contribution in [0, 0.1) is 12.8 Å². The summed E-state index contributed by atoms with van der Waals surface area (Å²) in [6, 6.07) is 1.14. The van der Waals surface area contributed by atoms with Crippen molar-refractivity contribution in [2.24, 2.45) is 5.92 Å². The summed E-state index contributed by atoms with van der Waals surface area (Å²) in [5.41, 5.74) is 1.56. The van der Waals surface area contributed by atoms with Crippen molar-refractivity contribution < 1.29 is 26.7 Å². The second kappa shape index (κ2) is 7.37. The Morgan fingerprint density at radius 3 is 2.48 bits per heavy atom. The number of alkyl halides is 5. The smallest absolute Gasteiger partial charge is 0.391 e. The minimum Gasteiger partial charge on any atom is -0.434 e. The lowest BCUT2D eigenvalue weighted by Crippen LogP contribution is -2.22. The van der Waals surface area contributed by atoms with Crippen LogP contribution in [0.25, 0.3) is 11.3 Å². The Morgan fingerprint density at radius 2 is 1.92 bits per heavy atom. The highest BCUT2D eigenvalue weighted by Gasteiger charge is 2.36. The van der Waals surface area contributed by atoms with E-state index in [9.17, 15) is 22.0 Å². The fourth-order valence-corrected chi connectivity index (χ4v) is 2.46. The van der Waals surface area contributed by atoms with Crippen LogP contribution >= 0.6 is 0 Å². The number of aromatic nitrogens is 3. The van der Waals surface area contributed by atoms with Crippen LogP contribution < -0.4 is 4.74 Å². The van der Waals surface area contributed by atoms with Gasteiger partial charge in [0.1, 0.15) is 5.75 Å². The Hall–Kier alpha value is -2.19. The first kappa shape index (κ1) is 19.1. The molecule has 0 saturated heterocycles. The van der Waals surface area contributed by atoms with Gasteiger partial charge in [-0.15, -0.1) is 0 Å². The van der Waals surface area contributed by atoms with Gasteiger partial charge >= 0.3 is 12.8 Å². The molecule has 138 valence electrons. The number of ether oxygens (including phenoxy) is 1. The quantitative estimate of drug-likeness (QED) is 0.704. The SMILES string of the molecule is CCn1ncc(C)c1-c1cnc(C[C@@H](C)C(F)(F)F)cc1OC(F)F. The third-order valence-electron chi connectivity index (χ3n) is 3.79. The maximum Gasteiger partial charge on any atom is 0.391 e. The first-order valence-electron chi connectivity index (χ1n) is 7.66. The van der Waals surface area contributed by atoms with Gasteiger partial charge in [0, 0.05) is 30.9 Å². The summed E-state index contributed by atoms with van der Waals surface area (Å²) in [6.45, 7) is 1.98. The second-order valence-corrected chi connectivity index (χ2v) is 5.69. The van der Waals surface area contributed by atoms with Gasteiger partial charge in [-0.3, -0.25) is 9.67 Å². The molecule has 0 N–H and O–H groups in total. The van der Waals surface area contributed by atoms with Gasteiger partial charge < -0.3 is 4.74 Å². The molecule has 25 heavy (non-hydrogen) atoms. The predicted molar refractivity (Wildman–Crippen MR) is 81.4 cm³/mol. The van der Waals surface area contributed by atoms with E-state index in [1.54, 1.807) is 17.8 Å². The first-order chi connectivity index (χ1) is 11.6. The van der Waals surface area contributed by atoms with Crippen molar-refractivity contribution in [3.05, 3.63) is 29.7 Å². The lowest BCUT2D eigenvalue weighted by atomic mass is 10.0. The van der Waals surface area contributed by atoms with Crippen LogP contribution in [-0.2, 0) is 13.0 Å². The van der Waals surface area contributed by atoms with Crippen molar-refractivity contribution >= 4 is 0 Å². The maximum atomic E-state index is 12.8. The van der Waals surface area contributed by atoms with Crippen LogP contribution in [0.4, 0.5) is 22.0 Å². The Balaban J connectivity index is 2.46. The summed E-state index contributed by atoms with van der Waals surface area (Å²) in [6.07, 6.45) is -1.98. The largest absolute Gasteiger partial charge is 0.434 e. The van der Waals surface area contributed by atoms with Gasteiger partial charge in [-0.05, 0) is 19.4 Å². The molecule has 0 fully saturated rings. The summed E-state index contributed by atoms with van der Waals surface area (Å²) in [4.78, 5) is 4.01. The van der Waals surface area contributed by atoms with Crippen LogP contribution in [0.5, 0.6) is 5.75 Å². The van der Waals surface area contributed by atoms with Gasteiger partial charge in [0.25, 0.3) is 0 Å². The van der Waals surface area contributed by atoms with Gasteiger partial charge in [0.2, 0.25) is 0 Å². The molecule has 0 unspecified atom stereocenters. The summed E-state index contributed by atoms with van der Waals surface area (Å²) in [7, 11) is 0. The van der Waals surface area contributed by atoms with E-state index in [1.165, 1.54) is 6.20 Å². The minimum absolute atomic E-state index is 0.0319. The highest BCUT2D eigenvalue weighted by molar-refractivity contribution is 5.69. The average Bonchev–Trinajstić information content (AvgIpc) is 2.87. The summed E-state index contributed by atoms with van der Waals surface area (Å²) in [5, 5.41) is 4.13. The fourth-order valence-electron chi connectivity index (χ4n) is 2.46. The van der Waals surface area contributed by atoms with E-state index in [2.05, 4.69) is 14.8 Å². The van der Waals surface area contributed by atoms with Gasteiger partial charge in [-0.2, -0.15) is 27.1 Å². The van der Waals surface area contributed by atoms with Gasteiger partial charge in [-0.25, -0.2) is 0 Å². The molecule has 0 saturated carbocycles. The number of hydrogen-bond acceptors (Lipinski definition) is 3. The number of pyridine rings is 1. The molecule has 0 aliphatic rings. The van der Waals surface area contributed by atoms with Crippen molar-refractivity contribution in [2.45, 2.75) is 46.5 Å². The monoisotopic (exact) mass is 363 g/mol. The summed E-state index contributed by atoms with van der Waals surface area (Å²) >= 11 is 0. The van der Waals surface area contributed by atoms with Crippen molar-refractivity contribution in [2.75, 3.05) is 0 Å². The molecule has 0 bridgehead atoms. The van der Waals surface area contributed by atoms with Gasteiger partial charge in [0.15, 0.2) is 0 Å². The van der Waals surface area contributed by atoms with E-state index < -0.39 is 25.1 Å². The van der Waals surface area contributed by atoms with Crippen LogP contribution in [0.2, 0.25) is 0 Å². The second-order valence-electron chi connectivity index (χ2n) is 5.69. The fraction of sp³-hybridized carbons (Fsp3) is 0.500. The third-order valence-corrected chi connectivity index (χ3v) is 3.79. The third kappa shape index (κ3) is 4.46. The normalized spacial score (nSPS) is 13.3.